The van der Waals surface area contributed by atoms with Crippen LogP contribution >= 0.6 is 0 Å². The molecule has 0 aromatic carbocycles. The molecule has 1 aliphatic heterocycles. The Kier molecular flexibility index (Phi) is 5.48. The number of carbonyl (C=O) groups is 4. The molecule has 0 bridgehead atoms. The number of carboxylic acids is 1. The Bertz CT molecular complexity index is 423. The Morgan fingerprint density at radius 3 is 2.65 bits per heavy atom. The molecule has 1 aliphatic rings. The number of hydrogen-bond donors (Lipinski definition) is 3. The molecule has 1 rings (SSSR count). The maximum absolute atomic E-state index is 12.0. The standard InChI is InChI=1S/C12H19N3O5/c1-3-15(7(2)6-10(17)18)12(20)13-8-4-5-9(16)14-11(8)19/h7-8H,3-6H2,1-2H3,(H,13,20)(H,17,18)(H,14,16,19). The van der Waals surface area contributed by atoms with Crippen LogP contribution in [0.3, 0.4) is 0 Å². The first-order valence-electron chi connectivity index (χ1n) is 6.47. The molecule has 0 aliphatic carbocycles. The molecule has 4 amide bonds. The Hall–Kier alpha value is -2.12. The zero-order valence-corrected chi connectivity index (χ0v) is 11.5. The molecular formula is C12H19N3O5. The van der Waals surface area contributed by atoms with Gasteiger partial charge in [-0.3, -0.25) is 19.7 Å². The van der Waals surface area contributed by atoms with Crippen LogP contribution in [0.5, 0.6) is 0 Å². The van der Waals surface area contributed by atoms with E-state index in [0.717, 1.165) is 0 Å². The molecule has 0 aromatic heterocycles. The van der Waals surface area contributed by atoms with Gasteiger partial charge in [0.15, 0.2) is 0 Å². The second-order valence-corrected chi connectivity index (χ2v) is 4.69. The van der Waals surface area contributed by atoms with Gasteiger partial charge in [0.1, 0.15) is 6.04 Å². The largest absolute Gasteiger partial charge is 0.481 e. The lowest BCUT2D eigenvalue weighted by molar-refractivity contribution is -0.138. The summed E-state index contributed by atoms with van der Waals surface area (Å²) in [5.41, 5.74) is 0. The molecular weight excluding hydrogens is 266 g/mol. The maximum Gasteiger partial charge on any atom is 0.318 e. The van der Waals surface area contributed by atoms with Crippen LogP contribution in [0.25, 0.3) is 0 Å². The third-order valence-electron chi connectivity index (χ3n) is 3.14. The van der Waals surface area contributed by atoms with E-state index in [9.17, 15) is 19.2 Å². The van der Waals surface area contributed by atoms with Crippen LogP contribution < -0.4 is 10.6 Å². The molecule has 1 saturated heterocycles. The van der Waals surface area contributed by atoms with Crippen molar-refractivity contribution >= 4 is 23.8 Å². The summed E-state index contributed by atoms with van der Waals surface area (Å²) in [6.45, 7) is 3.68. The number of imide groups is 1. The summed E-state index contributed by atoms with van der Waals surface area (Å²) < 4.78 is 0. The van der Waals surface area contributed by atoms with Gasteiger partial charge in [0.2, 0.25) is 11.8 Å². The van der Waals surface area contributed by atoms with E-state index < -0.39 is 30.0 Å². The number of amides is 4. The van der Waals surface area contributed by atoms with Crippen LogP contribution in [0.4, 0.5) is 4.79 Å². The highest BCUT2D eigenvalue weighted by atomic mass is 16.4. The number of nitrogens with one attached hydrogen (secondary N) is 2. The summed E-state index contributed by atoms with van der Waals surface area (Å²) in [5, 5.41) is 13.4. The lowest BCUT2D eigenvalue weighted by atomic mass is 10.1. The number of rotatable bonds is 5. The van der Waals surface area contributed by atoms with Crippen LogP contribution in [0, 0.1) is 0 Å². The fourth-order valence-electron chi connectivity index (χ4n) is 2.08. The van der Waals surface area contributed by atoms with Gasteiger partial charge < -0.3 is 15.3 Å². The minimum atomic E-state index is -0.996. The summed E-state index contributed by atoms with van der Waals surface area (Å²) in [4.78, 5) is 46.6. The minimum Gasteiger partial charge on any atom is -0.481 e. The lowest BCUT2D eigenvalue weighted by Crippen LogP contribution is -2.56. The number of nitrogens with zero attached hydrogens (tertiary/aromatic N) is 1. The molecule has 1 fully saturated rings. The van der Waals surface area contributed by atoms with E-state index in [-0.39, 0.29) is 25.2 Å². The normalized spacial score (nSPS) is 20.0. The predicted octanol–water partition coefficient (Wildman–Crippen LogP) is -0.314. The van der Waals surface area contributed by atoms with Crippen LogP contribution in [-0.2, 0) is 14.4 Å². The molecule has 2 atom stereocenters. The topological polar surface area (TPSA) is 116 Å². The van der Waals surface area contributed by atoms with Crippen molar-refractivity contribution < 1.29 is 24.3 Å². The second-order valence-electron chi connectivity index (χ2n) is 4.69. The van der Waals surface area contributed by atoms with Gasteiger partial charge in [0.05, 0.1) is 6.42 Å². The van der Waals surface area contributed by atoms with Crippen molar-refractivity contribution in [3.05, 3.63) is 0 Å². The van der Waals surface area contributed by atoms with E-state index in [1.165, 1.54) is 4.90 Å². The lowest BCUT2D eigenvalue weighted by Gasteiger charge is -2.30. The van der Waals surface area contributed by atoms with Crippen LogP contribution in [0.2, 0.25) is 0 Å². The Morgan fingerprint density at radius 1 is 1.50 bits per heavy atom. The summed E-state index contributed by atoms with van der Waals surface area (Å²) in [6, 6.07) is -1.74. The third kappa shape index (κ3) is 4.22. The number of hydrogen-bond acceptors (Lipinski definition) is 4. The van der Waals surface area contributed by atoms with Crippen molar-refractivity contribution in [3.8, 4) is 0 Å². The molecule has 8 heteroatoms. The number of piperidine rings is 1. The van der Waals surface area contributed by atoms with Gasteiger partial charge in [-0.2, -0.15) is 0 Å². The van der Waals surface area contributed by atoms with Crippen molar-refractivity contribution in [1.82, 2.24) is 15.5 Å². The highest BCUT2D eigenvalue weighted by Crippen LogP contribution is 2.08. The quantitative estimate of drug-likeness (QED) is 0.599. The van der Waals surface area contributed by atoms with Gasteiger partial charge >= 0.3 is 12.0 Å². The molecule has 0 aromatic rings. The fraction of sp³-hybridized carbons (Fsp3) is 0.667. The van der Waals surface area contributed by atoms with Gasteiger partial charge in [0, 0.05) is 19.0 Å². The summed E-state index contributed by atoms with van der Waals surface area (Å²) >= 11 is 0. The van der Waals surface area contributed by atoms with Crippen LogP contribution in [0.15, 0.2) is 0 Å². The van der Waals surface area contributed by atoms with Crippen molar-refractivity contribution in [2.45, 2.75) is 45.2 Å². The van der Waals surface area contributed by atoms with Crippen LogP contribution in [-0.4, -0.2) is 52.4 Å². The molecule has 2 unspecified atom stereocenters. The Labute approximate surface area is 116 Å². The highest BCUT2D eigenvalue weighted by molar-refractivity contribution is 6.01. The van der Waals surface area contributed by atoms with Gasteiger partial charge in [-0.05, 0) is 20.3 Å². The average Bonchev–Trinajstić information content (AvgIpc) is 2.32. The fourth-order valence-corrected chi connectivity index (χ4v) is 2.08. The number of aliphatic carboxylic acids is 1. The van der Waals surface area contributed by atoms with Crippen molar-refractivity contribution in [2.75, 3.05) is 6.54 Å². The Morgan fingerprint density at radius 2 is 2.15 bits per heavy atom. The molecule has 1 heterocycles. The zero-order valence-electron chi connectivity index (χ0n) is 11.5. The van der Waals surface area contributed by atoms with Gasteiger partial charge in [-0.25, -0.2) is 4.79 Å². The zero-order chi connectivity index (χ0) is 15.3. The smallest absolute Gasteiger partial charge is 0.318 e. The second kappa shape index (κ2) is 6.88. The number of carboxylic acid groups (broad SMARTS) is 1. The number of carbonyl (C=O) groups excluding carboxylic acids is 3. The summed E-state index contributed by atoms with van der Waals surface area (Å²) in [5.74, 6) is -1.88. The average molecular weight is 285 g/mol. The van der Waals surface area contributed by atoms with Gasteiger partial charge in [0.25, 0.3) is 0 Å². The van der Waals surface area contributed by atoms with E-state index in [0.29, 0.717) is 6.54 Å². The first kappa shape index (κ1) is 15.9. The maximum atomic E-state index is 12.0. The molecule has 0 saturated carbocycles. The molecule has 8 nitrogen and oxygen atoms in total. The van der Waals surface area contributed by atoms with Crippen LogP contribution in [0.1, 0.15) is 33.1 Å². The first-order valence-corrected chi connectivity index (χ1v) is 6.47. The number of urea groups is 1. The van der Waals surface area contributed by atoms with E-state index >= 15 is 0 Å². The van der Waals surface area contributed by atoms with Crippen molar-refractivity contribution in [1.29, 1.82) is 0 Å². The molecule has 20 heavy (non-hydrogen) atoms. The summed E-state index contributed by atoms with van der Waals surface area (Å²) in [6.07, 6.45) is 0.255. The molecule has 0 radical (unpaired) electrons. The minimum absolute atomic E-state index is 0.170. The highest BCUT2D eigenvalue weighted by Gasteiger charge is 2.30. The predicted molar refractivity (Wildman–Crippen MR) is 68.8 cm³/mol. The van der Waals surface area contributed by atoms with Crippen molar-refractivity contribution in [3.63, 3.8) is 0 Å². The third-order valence-corrected chi connectivity index (χ3v) is 3.14. The summed E-state index contributed by atoms with van der Waals surface area (Å²) in [7, 11) is 0. The van der Waals surface area contributed by atoms with Gasteiger partial charge in [-0.1, -0.05) is 0 Å². The van der Waals surface area contributed by atoms with Crippen molar-refractivity contribution in [2.24, 2.45) is 0 Å². The molecule has 112 valence electrons. The van der Waals surface area contributed by atoms with E-state index in [4.69, 9.17) is 5.11 Å². The first-order chi connectivity index (χ1) is 9.35. The van der Waals surface area contributed by atoms with E-state index in [1.807, 2.05) is 0 Å². The van der Waals surface area contributed by atoms with E-state index in [2.05, 4.69) is 10.6 Å². The Balaban J connectivity index is 2.61. The molecule has 0 spiro atoms. The SMILES string of the molecule is CCN(C(=O)NC1CCC(=O)NC1=O)C(C)CC(=O)O. The molecule has 3 N–H and O–H groups in total. The van der Waals surface area contributed by atoms with Gasteiger partial charge in [-0.15, -0.1) is 0 Å². The van der Waals surface area contributed by atoms with E-state index in [1.54, 1.807) is 13.8 Å². The monoisotopic (exact) mass is 285 g/mol.